The van der Waals surface area contributed by atoms with E-state index in [1.807, 2.05) is 42.5 Å². The molecule has 2 aromatic carbocycles. The van der Waals surface area contributed by atoms with Gasteiger partial charge in [0.15, 0.2) is 17.5 Å². The zero-order chi connectivity index (χ0) is 18.1. The summed E-state index contributed by atoms with van der Waals surface area (Å²) in [6.07, 6.45) is 0. The summed E-state index contributed by atoms with van der Waals surface area (Å²) in [7, 11) is 6.66. The number of nitrogens with zero attached hydrogens (tertiary/aromatic N) is 1. The van der Waals surface area contributed by atoms with Crippen molar-refractivity contribution in [2.45, 2.75) is 13.1 Å². The Morgan fingerprint density at radius 1 is 0.846 bits per heavy atom. The third kappa shape index (κ3) is 5.98. The van der Waals surface area contributed by atoms with Gasteiger partial charge >= 0.3 is 0 Å². The minimum absolute atomic E-state index is 0. The van der Waals surface area contributed by atoms with Crippen LogP contribution in [0.2, 0.25) is 0 Å². The normalized spacial score (nSPS) is 10.5. The number of guanidine groups is 1. The molecule has 0 fully saturated rings. The molecule has 0 aliphatic rings. The van der Waals surface area contributed by atoms with Gasteiger partial charge in [0, 0.05) is 25.7 Å². The molecule has 0 bridgehead atoms. The topological polar surface area (TPSA) is 64.1 Å². The highest BCUT2D eigenvalue weighted by Crippen LogP contribution is 2.27. The number of benzene rings is 2. The van der Waals surface area contributed by atoms with Crippen LogP contribution in [-0.2, 0) is 13.1 Å². The molecule has 0 amide bonds. The minimum Gasteiger partial charge on any atom is -0.496 e. The van der Waals surface area contributed by atoms with Crippen LogP contribution in [0, 0.1) is 0 Å². The summed E-state index contributed by atoms with van der Waals surface area (Å²) in [5, 5.41) is 6.57. The predicted molar refractivity (Wildman–Crippen MR) is 115 cm³/mol. The summed E-state index contributed by atoms with van der Waals surface area (Å²) in [6, 6.07) is 13.7. The SMILES string of the molecule is CN=C(NCc1ccc(OC)c(OC)c1)NCc1ccccc1OC.I. The summed E-state index contributed by atoms with van der Waals surface area (Å²) >= 11 is 0. The van der Waals surface area contributed by atoms with Crippen LogP contribution in [0.25, 0.3) is 0 Å². The molecule has 0 aliphatic heterocycles. The van der Waals surface area contributed by atoms with E-state index in [2.05, 4.69) is 15.6 Å². The number of halogens is 1. The molecule has 26 heavy (non-hydrogen) atoms. The summed E-state index contributed by atoms with van der Waals surface area (Å²) in [5.41, 5.74) is 2.14. The largest absolute Gasteiger partial charge is 0.496 e. The van der Waals surface area contributed by atoms with E-state index < -0.39 is 0 Å². The second-order valence-electron chi connectivity index (χ2n) is 5.28. The van der Waals surface area contributed by atoms with E-state index in [4.69, 9.17) is 14.2 Å². The molecule has 0 saturated carbocycles. The van der Waals surface area contributed by atoms with Gasteiger partial charge in [-0.05, 0) is 23.8 Å². The van der Waals surface area contributed by atoms with Crippen LogP contribution in [0.1, 0.15) is 11.1 Å². The van der Waals surface area contributed by atoms with Crippen molar-refractivity contribution < 1.29 is 14.2 Å². The van der Waals surface area contributed by atoms with E-state index in [9.17, 15) is 0 Å². The van der Waals surface area contributed by atoms with Gasteiger partial charge in [0.2, 0.25) is 0 Å². The van der Waals surface area contributed by atoms with Crippen LogP contribution in [0.15, 0.2) is 47.5 Å². The van der Waals surface area contributed by atoms with Crippen LogP contribution in [0.3, 0.4) is 0 Å². The third-order valence-electron chi connectivity index (χ3n) is 3.77. The average Bonchev–Trinajstić information content (AvgIpc) is 2.68. The number of para-hydroxylation sites is 1. The number of methoxy groups -OCH3 is 3. The van der Waals surface area contributed by atoms with Gasteiger partial charge in [-0.1, -0.05) is 24.3 Å². The van der Waals surface area contributed by atoms with Crippen molar-refractivity contribution in [3.8, 4) is 17.2 Å². The van der Waals surface area contributed by atoms with Crippen molar-refractivity contribution in [3.05, 3.63) is 53.6 Å². The Morgan fingerprint density at radius 3 is 2.15 bits per heavy atom. The van der Waals surface area contributed by atoms with E-state index in [0.29, 0.717) is 30.5 Å². The Labute approximate surface area is 172 Å². The summed E-state index contributed by atoms with van der Waals surface area (Å²) in [4.78, 5) is 4.25. The first-order valence-corrected chi connectivity index (χ1v) is 7.99. The maximum Gasteiger partial charge on any atom is 0.191 e. The van der Waals surface area contributed by atoms with Gasteiger partial charge in [0.25, 0.3) is 0 Å². The summed E-state index contributed by atoms with van der Waals surface area (Å²) in [6.45, 7) is 1.24. The second-order valence-corrected chi connectivity index (χ2v) is 5.28. The number of ether oxygens (including phenoxy) is 3. The van der Waals surface area contributed by atoms with Crippen LogP contribution < -0.4 is 24.8 Å². The first kappa shape index (κ1) is 21.9. The van der Waals surface area contributed by atoms with Gasteiger partial charge in [0.05, 0.1) is 21.3 Å². The Kier molecular flexibility index (Phi) is 9.64. The van der Waals surface area contributed by atoms with Crippen molar-refractivity contribution in [3.63, 3.8) is 0 Å². The monoisotopic (exact) mass is 471 g/mol. The molecule has 0 atom stereocenters. The fourth-order valence-electron chi connectivity index (χ4n) is 2.42. The highest BCUT2D eigenvalue weighted by Gasteiger charge is 2.06. The Balaban J connectivity index is 0.00000338. The molecule has 0 saturated heterocycles. The molecule has 0 unspecified atom stereocenters. The molecule has 2 aromatic rings. The van der Waals surface area contributed by atoms with E-state index in [1.165, 1.54) is 0 Å². The lowest BCUT2D eigenvalue weighted by Crippen LogP contribution is -2.36. The maximum atomic E-state index is 5.36. The molecule has 7 heteroatoms. The zero-order valence-corrected chi connectivity index (χ0v) is 17.9. The van der Waals surface area contributed by atoms with Crippen molar-refractivity contribution in [1.82, 2.24) is 10.6 Å². The Morgan fingerprint density at radius 2 is 1.50 bits per heavy atom. The van der Waals surface area contributed by atoms with E-state index >= 15 is 0 Å². The Hall–Kier alpha value is -2.16. The fourth-order valence-corrected chi connectivity index (χ4v) is 2.42. The molecule has 2 rings (SSSR count). The molecular weight excluding hydrogens is 445 g/mol. The first-order chi connectivity index (χ1) is 12.2. The van der Waals surface area contributed by atoms with Crippen molar-refractivity contribution in [2.75, 3.05) is 28.4 Å². The molecule has 142 valence electrons. The molecular formula is C19H26IN3O3. The second kappa shape index (κ2) is 11.5. The van der Waals surface area contributed by atoms with E-state index in [0.717, 1.165) is 16.9 Å². The van der Waals surface area contributed by atoms with Crippen molar-refractivity contribution >= 4 is 29.9 Å². The third-order valence-corrected chi connectivity index (χ3v) is 3.77. The molecule has 0 radical (unpaired) electrons. The van der Waals surface area contributed by atoms with Crippen LogP contribution in [-0.4, -0.2) is 34.3 Å². The predicted octanol–water partition coefficient (Wildman–Crippen LogP) is 3.20. The van der Waals surface area contributed by atoms with Gasteiger partial charge < -0.3 is 24.8 Å². The first-order valence-electron chi connectivity index (χ1n) is 7.99. The molecule has 0 heterocycles. The maximum absolute atomic E-state index is 5.36. The quantitative estimate of drug-likeness (QED) is 0.369. The number of hydrogen-bond acceptors (Lipinski definition) is 4. The number of aliphatic imine (C=N–C) groups is 1. The molecule has 0 aliphatic carbocycles. The fraction of sp³-hybridized carbons (Fsp3) is 0.316. The minimum atomic E-state index is 0. The summed E-state index contributed by atoms with van der Waals surface area (Å²) < 4.78 is 15.9. The standard InChI is InChI=1S/C19H25N3O3.HI/c1-20-19(22-13-15-7-5-6-8-16(15)23-2)21-12-14-9-10-17(24-3)18(11-14)25-4;/h5-11H,12-13H2,1-4H3,(H2,20,21,22);1H. The molecule has 6 nitrogen and oxygen atoms in total. The summed E-state index contributed by atoms with van der Waals surface area (Å²) in [5.74, 6) is 2.98. The van der Waals surface area contributed by atoms with E-state index in [1.54, 1.807) is 28.4 Å². The van der Waals surface area contributed by atoms with Crippen LogP contribution in [0.5, 0.6) is 17.2 Å². The highest BCUT2D eigenvalue weighted by atomic mass is 127. The van der Waals surface area contributed by atoms with Gasteiger partial charge in [-0.3, -0.25) is 4.99 Å². The van der Waals surface area contributed by atoms with Crippen molar-refractivity contribution in [1.29, 1.82) is 0 Å². The lowest BCUT2D eigenvalue weighted by atomic mass is 10.2. The molecule has 2 N–H and O–H groups in total. The number of rotatable bonds is 7. The van der Waals surface area contributed by atoms with Crippen LogP contribution >= 0.6 is 24.0 Å². The number of hydrogen-bond donors (Lipinski definition) is 2. The number of nitrogens with one attached hydrogen (secondary N) is 2. The van der Waals surface area contributed by atoms with Gasteiger partial charge in [-0.2, -0.15) is 0 Å². The van der Waals surface area contributed by atoms with Gasteiger partial charge in [-0.15, -0.1) is 24.0 Å². The zero-order valence-electron chi connectivity index (χ0n) is 15.5. The van der Waals surface area contributed by atoms with Crippen molar-refractivity contribution in [2.24, 2.45) is 4.99 Å². The average molecular weight is 471 g/mol. The molecule has 0 spiro atoms. The van der Waals surface area contributed by atoms with Gasteiger partial charge in [0.1, 0.15) is 5.75 Å². The highest BCUT2D eigenvalue weighted by molar-refractivity contribution is 14.0. The van der Waals surface area contributed by atoms with E-state index in [-0.39, 0.29) is 24.0 Å². The van der Waals surface area contributed by atoms with Gasteiger partial charge in [-0.25, -0.2) is 0 Å². The lowest BCUT2D eigenvalue weighted by Gasteiger charge is -2.14. The van der Waals surface area contributed by atoms with Crippen LogP contribution in [0.4, 0.5) is 0 Å². The molecule has 0 aromatic heterocycles. The Bertz CT molecular complexity index is 723. The smallest absolute Gasteiger partial charge is 0.191 e. The lowest BCUT2D eigenvalue weighted by molar-refractivity contribution is 0.354.